The lowest BCUT2D eigenvalue weighted by Gasteiger charge is -2.29. The summed E-state index contributed by atoms with van der Waals surface area (Å²) in [5.41, 5.74) is 1.30. The molecular formula is C17H21NO5S. The average Bonchev–Trinajstić information content (AvgIpc) is 2.82. The number of carboxylic acids is 1. The molecule has 7 heteroatoms. The highest BCUT2D eigenvalue weighted by Gasteiger charge is 2.46. The molecule has 0 saturated heterocycles. The molecule has 0 aromatic heterocycles. The van der Waals surface area contributed by atoms with E-state index in [0.29, 0.717) is 12.0 Å². The van der Waals surface area contributed by atoms with E-state index in [-0.39, 0.29) is 11.7 Å². The van der Waals surface area contributed by atoms with Crippen molar-refractivity contribution in [3.8, 4) is 0 Å². The molecule has 0 saturated carbocycles. The number of benzene rings is 1. The van der Waals surface area contributed by atoms with Crippen LogP contribution in [0.4, 0.5) is 0 Å². The highest BCUT2D eigenvalue weighted by molar-refractivity contribution is 8.00. The number of rotatable bonds is 8. The van der Waals surface area contributed by atoms with Crippen LogP contribution in [0.15, 0.2) is 24.3 Å². The lowest BCUT2D eigenvalue weighted by Crippen LogP contribution is -2.42. The number of carbonyl (C=O) groups excluding carboxylic acids is 2. The highest BCUT2D eigenvalue weighted by atomic mass is 32.2. The second-order valence-electron chi connectivity index (χ2n) is 5.69. The standard InChI is InChI=1S/C17H21NO5S/c1-3-4-9-17(24-10-14(15(20)21)18-11(2)19)13-8-6-5-7-12(13)16(22)23-17/h5-8,14H,3-4,9-10H2,1-2H3,(H,18,19)(H,20,21). The topological polar surface area (TPSA) is 92.7 Å². The van der Waals surface area contributed by atoms with Crippen LogP contribution < -0.4 is 5.32 Å². The highest BCUT2D eigenvalue weighted by Crippen LogP contribution is 2.48. The van der Waals surface area contributed by atoms with Crippen LogP contribution in [0, 0.1) is 0 Å². The molecule has 24 heavy (non-hydrogen) atoms. The third-order valence-corrected chi connectivity index (χ3v) is 5.31. The number of amides is 1. The molecule has 2 unspecified atom stereocenters. The van der Waals surface area contributed by atoms with E-state index in [1.54, 1.807) is 12.1 Å². The molecule has 0 radical (unpaired) electrons. The summed E-state index contributed by atoms with van der Waals surface area (Å²) in [6.07, 6.45) is 2.37. The average molecular weight is 351 g/mol. The van der Waals surface area contributed by atoms with Crippen LogP contribution in [0.3, 0.4) is 0 Å². The number of carboxylic acid groups (broad SMARTS) is 1. The summed E-state index contributed by atoms with van der Waals surface area (Å²) >= 11 is 1.26. The molecule has 1 aromatic carbocycles. The second-order valence-corrected chi connectivity index (χ2v) is 6.98. The van der Waals surface area contributed by atoms with Gasteiger partial charge in [0.15, 0.2) is 4.93 Å². The van der Waals surface area contributed by atoms with Crippen molar-refractivity contribution < 1.29 is 24.2 Å². The predicted octanol–water partition coefficient (Wildman–Crippen LogP) is 2.52. The summed E-state index contributed by atoms with van der Waals surface area (Å²) < 4.78 is 5.68. The maximum absolute atomic E-state index is 12.2. The van der Waals surface area contributed by atoms with Crippen LogP contribution in [-0.4, -0.2) is 34.7 Å². The Kier molecular flexibility index (Phi) is 5.88. The first-order chi connectivity index (χ1) is 11.4. The Bertz CT molecular complexity index is 648. The number of cyclic esters (lactones) is 1. The molecule has 1 amide bonds. The number of ether oxygens (including phenoxy) is 1. The first-order valence-electron chi connectivity index (χ1n) is 7.86. The van der Waals surface area contributed by atoms with Crippen molar-refractivity contribution in [3.63, 3.8) is 0 Å². The van der Waals surface area contributed by atoms with Gasteiger partial charge in [0.25, 0.3) is 0 Å². The summed E-state index contributed by atoms with van der Waals surface area (Å²) in [6.45, 7) is 3.32. The zero-order valence-electron chi connectivity index (χ0n) is 13.7. The molecule has 6 nitrogen and oxygen atoms in total. The molecular weight excluding hydrogens is 330 g/mol. The fourth-order valence-corrected chi connectivity index (χ4v) is 4.08. The van der Waals surface area contributed by atoms with Crippen molar-refractivity contribution in [2.24, 2.45) is 0 Å². The zero-order chi connectivity index (χ0) is 17.7. The van der Waals surface area contributed by atoms with Crippen LogP contribution in [0.5, 0.6) is 0 Å². The minimum Gasteiger partial charge on any atom is -0.480 e. The summed E-state index contributed by atoms with van der Waals surface area (Å²) in [7, 11) is 0. The van der Waals surface area contributed by atoms with Gasteiger partial charge in [0.1, 0.15) is 6.04 Å². The maximum Gasteiger partial charge on any atom is 0.340 e. The lowest BCUT2D eigenvalue weighted by atomic mass is 10.0. The number of unbranched alkanes of at least 4 members (excludes halogenated alkanes) is 1. The molecule has 2 atom stereocenters. The van der Waals surface area contributed by atoms with Crippen LogP contribution in [0.1, 0.15) is 49.0 Å². The van der Waals surface area contributed by atoms with Gasteiger partial charge in [0.2, 0.25) is 5.91 Å². The Morgan fingerprint density at radius 3 is 2.71 bits per heavy atom. The van der Waals surface area contributed by atoms with Crippen LogP contribution >= 0.6 is 11.8 Å². The molecule has 1 aromatic rings. The number of carbonyl (C=O) groups is 3. The molecule has 1 aliphatic heterocycles. The monoisotopic (exact) mass is 351 g/mol. The Hall–Kier alpha value is -2.02. The minimum absolute atomic E-state index is 0.111. The van der Waals surface area contributed by atoms with Gasteiger partial charge < -0.3 is 15.2 Å². The van der Waals surface area contributed by atoms with Gasteiger partial charge >= 0.3 is 11.9 Å². The Labute approximate surface area is 145 Å². The number of esters is 1. The molecule has 130 valence electrons. The molecule has 0 spiro atoms. The predicted molar refractivity (Wildman–Crippen MR) is 90.8 cm³/mol. The Morgan fingerprint density at radius 1 is 1.38 bits per heavy atom. The number of fused-ring (bicyclic) bond motifs is 1. The van der Waals surface area contributed by atoms with Crippen LogP contribution in [0.2, 0.25) is 0 Å². The van der Waals surface area contributed by atoms with Crippen molar-refractivity contribution in [1.29, 1.82) is 0 Å². The van der Waals surface area contributed by atoms with Gasteiger partial charge in [0.05, 0.1) is 5.56 Å². The smallest absolute Gasteiger partial charge is 0.340 e. The van der Waals surface area contributed by atoms with E-state index in [1.807, 2.05) is 19.1 Å². The largest absolute Gasteiger partial charge is 0.480 e. The molecule has 0 aliphatic carbocycles. The molecule has 1 aliphatic rings. The summed E-state index contributed by atoms with van der Waals surface area (Å²) in [6, 6.07) is 6.14. The quantitative estimate of drug-likeness (QED) is 0.699. The molecule has 2 N–H and O–H groups in total. The zero-order valence-corrected chi connectivity index (χ0v) is 14.5. The van der Waals surface area contributed by atoms with Gasteiger partial charge in [-0.05, 0) is 12.5 Å². The SMILES string of the molecule is CCCCC1(SCC(NC(C)=O)C(=O)O)OC(=O)c2ccccc21. The minimum atomic E-state index is -1.11. The first kappa shape index (κ1) is 18.3. The van der Waals surface area contributed by atoms with Crippen molar-refractivity contribution in [1.82, 2.24) is 5.32 Å². The van der Waals surface area contributed by atoms with Gasteiger partial charge in [-0.15, -0.1) is 11.8 Å². The Balaban J connectivity index is 2.25. The lowest BCUT2D eigenvalue weighted by molar-refractivity contribution is -0.140. The fraction of sp³-hybridized carbons (Fsp3) is 0.471. The van der Waals surface area contributed by atoms with Crippen LogP contribution in [0.25, 0.3) is 0 Å². The maximum atomic E-state index is 12.2. The summed E-state index contributed by atoms with van der Waals surface area (Å²) in [5.74, 6) is -1.80. The number of thioether (sulfide) groups is 1. The van der Waals surface area contributed by atoms with Crippen molar-refractivity contribution in [2.75, 3.05) is 5.75 Å². The van der Waals surface area contributed by atoms with Gasteiger partial charge in [-0.3, -0.25) is 4.79 Å². The van der Waals surface area contributed by atoms with E-state index < -0.39 is 22.9 Å². The van der Waals surface area contributed by atoms with Gasteiger partial charge in [-0.1, -0.05) is 31.5 Å². The third-order valence-electron chi connectivity index (χ3n) is 3.83. The fourth-order valence-electron chi connectivity index (χ4n) is 2.67. The normalized spacial score (nSPS) is 20.2. The Morgan fingerprint density at radius 2 is 2.08 bits per heavy atom. The number of aliphatic carboxylic acids is 1. The number of nitrogens with one attached hydrogen (secondary N) is 1. The molecule has 1 heterocycles. The van der Waals surface area contributed by atoms with Crippen molar-refractivity contribution >= 4 is 29.6 Å². The number of hydrogen-bond acceptors (Lipinski definition) is 5. The van der Waals surface area contributed by atoms with Crippen molar-refractivity contribution in [3.05, 3.63) is 35.4 Å². The summed E-state index contributed by atoms with van der Waals surface area (Å²) in [5, 5.41) is 11.7. The van der Waals surface area contributed by atoms with Gasteiger partial charge in [-0.2, -0.15) is 0 Å². The van der Waals surface area contributed by atoms with E-state index in [2.05, 4.69) is 5.32 Å². The van der Waals surface area contributed by atoms with Gasteiger partial charge in [0, 0.05) is 24.7 Å². The van der Waals surface area contributed by atoms with Crippen molar-refractivity contribution in [2.45, 2.75) is 44.1 Å². The van der Waals surface area contributed by atoms with E-state index in [0.717, 1.165) is 18.4 Å². The molecule has 0 fully saturated rings. The van der Waals surface area contributed by atoms with E-state index in [1.165, 1.54) is 18.7 Å². The second kappa shape index (κ2) is 7.70. The van der Waals surface area contributed by atoms with Crippen LogP contribution in [-0.2, 0) is 19.3 Å². The van der Waals surface area contributed by atoms with E-state index in [9.17, 15) is 19.5 Å². The molecule has 2 rings (SSSR count). The molecule has 0 bridgehead atoms. The van der Waals surface area contributed by atoms with Gasteiger partial charge in [-0.25, -0.2) is 9.59 Å². The first-order valence-corrected chi connectivity index (χ1v) is 8.85. The third kappa shape index (κ3) is 3.90. The summed E-state index contributed by atoms with van der Waals surface area (Å²) in [4.78, 5) is 33.8. The number of hydrogen-bond donors (Lipinski definition) is 2. The van der Waals surface area contributed by atoms with E-state index in [4.69, 9.17) is 4.74 Å². The van der Waals surface area contributed by atoms with E-state index >= 15 is 0 Å².